The highest BCUT2D eigenvalue weighted by atomic mass is 79.9. The van der Waals surface area contributed by atoms with Crippen LogP contribution in [-0.4, -0.2) is 9.97 Å². The molecular formula is C12H12BrN3O. The molecule has 2 aromatic rings. The van der Waals surface area contributed by atoms with Gasteiger partial charge in [0.2, 0.25) is 5.88 Å². The third-order valence-electron chi connectivity index (χ3n) is 2.29. The van der Waals surface area contributed by atoms with Crippen molar-refractivity contribution in [2.24, 2.45) is 0 Å². The highest BCUT2D eigenvalue weighted by Gasteiger charge is 2.10. The average Bonchev–Trinajstić information content (AvgIpc) is 2.28. The number of hydrogen-bond donors (Lipinski definition) is 1. The lowest BCUT2D eigenvalue weighted by atomic mass is 10.3. The molecule has 2 rings (SSSR count). The molecule has 0 amide bonds. The zero-order valence-electron chi connectivity index (χ0n) is 9.57. The lowest BCUT2D eigenvalue weighted by Crippen LogP contribution is -2.02. The number of halogens is 1. The predicted molar refractivity (Wildman–Crippen MR) is 70.1 cm³/mol. The van der Waals surface area contributed by atoms with Crippen molar-refractivity contribution in [3.8, 4) is 11.6 Å². The van der Waals surface area contributed by atoms with Crippen molar-refractivity contribution < 1.29 is 4.74 Å². The van der Waals surface area contributed by atoms with E-state index >= 15 is 0 Å². The van der Waals surface area contributed by atoms with Crippen LogP contribution in [0, 0.1) is 13.8 Å². The van der Waals surface area contributed by atoms with Crippen LogP contribution in [0.5, 0.6) is 11.6 Å². The molecule has 0 unspecified atom stereocenters. The number of rotatable bonds is 2. The third kappa shape index (κ3) is 2.55. The quantitative estimate of drug-likeness (QED) is 0.923. The topological polar surface area (TPSA) is 61.0 Å². The molecule has 0 radical (unpaired) electrons. The summed E-state index contributed by atoms with van der Waals surface area (Å²) in [5, 5.41) is 0. The fourth-order valence-corrected chi connectivity index (χ4v) is 1.72. The molecule has 0 aliphatic rings. The summed E-state index contributed by atoms with van der Waals surface area (Å²) < 4.78 is 6.59. The Morgan fingerprint density at radius 3 is 2.59 bits per heavy atom. The summed E-state index contributed by atoms with van der Waals surface area (Å²) in [7, 11) is 0. The second-order valence-corrected chi connectivity index (χ2v) is 4.47. The highest BCUT2D eigenvalue weighted by Crippen LogP contribution is 2.30. The Labute approximate surface area is 108 Å². The molecule has 0 saturated heterocycles. The molecule has 0 bridgehead atoms. The van der Waals surface area contributed by atoms with Gasteiger partial charge in [0.15, 0.2) is 0 Å². The molecule has 0 aliphatic carbocycles. The number of nitrogen functional groups attached to an aromatic ring is 1. The van der Waals surface area contributed by atoms with Crippen LogP contribution in [0.4, 0.5) is 5.82 Å². The largest absolute Gasteiger partial charge is 0.437 e. The number of nitrogens with two attached hydrogens (primary N) is 1. The number of benzene rings is 1. The van der Waals surface area contributed by atoms with Gasteiger partial charge >= 0.3 is 0 Å². The lowest BCUT2D eigenvalue weighted by molar-refractivity contribution is 0.453. The Morgan fingerprint density at radius 2 is 1.88 bits per heavy atom. The average molecular weight is 294 g/mol. The highest BCUT2D eigenvalue weighted by molar-refractivity contribution is 9.10. The van der Waals surface area contributed by atoms with Crippen molar-refractivity contribution in [3.63, 3.8) is 0 Å². The summed E-state index contributed by atoms with van der Waals surface area (Å²) in [5.41, 5.74) is 6.51. The maximum Gasteiger partial charge on any atom is 0.227 e. The number of anilines is 1. The van der Waals surface area contributed by atoms with Gasteiger partial charge in [-0.3, -0.25) is 0 Å². The van der Waals surface area contributed by atoms with Crippen LogP contribution in [0.25, 0.3) is 0 Å². The summed E-state index contributed by atoms with van der Waals surface area (Å²) in [6.45, 7) is 3.61. The number of aromatic nitrogens is 2. The van der Waals surface area contributed by atoms with Crippen LogP contribution in [0.1, 0.15) is 11.4 Å². The van der Waals surface area contributed by atoms with Crippen LogP contribution < -0.4 is 10.5 Å². The summed E-state index contributed by atoms with van der Waals surface area (Å²) in [6.07, 6.45) is 0. The van der Waals surface area contributed by atoms with Crippen molar-refractivity contribution in [2.75, 3.05) is 5.73 Å². The van der Waals surface area contributed by atoms with Crippen molar-refractivity contribution in [3.05, 3.63) is 40.1 Å². The first-order valence-electron chi connectivity index (χ1n) is 5.11. The molecule has 0 fully saturated rings. The zero-order chi connectivity index (χ0) is 12.4. The molecule has 2 N–H and O–H groups in total. The van der Waals surface area contributed by atoms with Gasteiger partial charge in [0.05, 0.1) is 10.0 Å². The first-order chi connectivity index (χ1) is 8.08. The Morgan fingerprint density at radius 1 is 1.18 bits per heavy atom. The zero-order valence-corrected chi connectivity index (χ0v) is 11.2. The Hall–Kier alpha value is -1.62. The normalized spacial score (nSPS) is 10.3. The molecule has 0 atom stereocenters. The molecule has 4 nitrogen and oxygen atoms in total. The summed E-state index contributed by atoms with van der Waals surface area (Å²) >= 11 is 3.42. The minimum Gasteiger partial charge on any atom is -0.437 e. The smallest absolute Gasteiger partial charge is 0.227 e. The number of para-hydroxylation sites is 1. The fourth-order valence-electron chi connectivity index (χ4n) is 1.35. The standard InChI is InChI=1S/C12H12BrN3O/c1-7-11(14)15-8(2)16-12(7)17-10-6-4-3-5-9(10)13/h3-6H,1-2H3,(H2,14,15,16). The van der Waals surface area contributed by atoms with E-state index in [9.17, 15) is 0 Å². The summed E-state index contributed by atoms with van der Waals surface area (Å²) in [6, 6.07) is 7.58. The van der Waals surface area contributed by atoms with Crippen LogP contribution in [0.3, 0.4) is 0 Å². The van der Waals surface area contributed by atoms with Crippen molar-refractivity contribution in [1.29, 1.82) is 0 Å². The predicted octanol–water partition coefficient (Wildman–Crippen LogP) is 3.23. The molecule has 1 aromatic heterocycles. The van der Waals surface area contributed by atoms with Crippen LogP contribution in [0.15, 0.2) is 28.7 Å². The molecule has 17 heavy (non-hydrogen) atoms. The molecule has 88 valence electrons. The molecule has 0 aliphatic heterocycles. The van der Waals surface area contributed by atoms with Crippen LogP contribution in [0.2, 0.25) is 0 Å². The maximum atomic E-state index is 5.77. The van der Waals surface area contributed by atoms with E-state index in [-0.39, 0.29) is 0 Å². The van der Waals surface area contributed by atoms with Crippen molar-refractivity contribution >= 4 is 21.7 Å². The van der Waals surface area contributed by atoms with E-state index in [2.05, 4.69) is 25.9 Å². The van der Waals surface area contributed by atoms with Gasteiger partial charge in [-0.05, 0) is 41.9 Å². The Balaban J connectivity index is 2.40. The van der Waals surface area contributed by atoms with Gasteiger partial charge in [0.1, 0.15) is 17.4 Å². The molecule has 1 aromatic carbocycles. The SMILES string of the molecule is Cc1nc(N)c(C)c(Oc2ccccc2Br)n1. The summed E-state index contributed by atoms with van der Waals surface area (Å²) in [5.74, 6) is 2.23. The van der Waals surface area contributed by atoms with E-state index in [0.29, 0.717) is 23.3 Å². The summed E-state index contributed by atoms with van der Waals surface area (Å²) in [4.78, 5) is 8.31. The second-order valence-electron chi connectivity index (χ2n) is 3.62. The maximum absolute atomic E-state index is 5.77. The minimum absolute atomic E-state index is 0.444. The third-order valence-corrected chi connectivity index (χ3v) is 2.95. The van der Waals surface area contributed by atoms with Gasteiger partial charge in [-0.1, -0.05) is 12.1 Å². The minimum atomic E-state index is 0.444. The van der Waals surface area contributed by atoms with E-state index in [4.69, 9.17) is 10.5 Å². The molecule has 0 saturated carbocycles. The van der Waals surface area contributed by atoms with Gasteiger partial charge in [-0.2, -0.15) is 4.98 Å². The van der Waals surface area contributed by atoms with Crippen molar-refractivity contribution in [1.82, 2.24) is 9.97 Å². The molecule has 0 spiro atoms. The molecular weight excluding hydrogens is 282 g/mol. The monoisotopic (exact) mass is 293 g/mol. The van der Waals surface area contributed by atoms with Gasteiger partial charge in [-0.25, -0.2) is 4.98 Å². The van der Waals surface area contributed by atoms with E-state index in [1.54, 1.807) is 6.92 Å². The van der Waals surface area contributed by atoms with Gasteiger partial charge in [0, 0.05) is 0 Å². The lowest BCUT2D eigenvalue weighted by Gasteiger charge is -2.10. The van der Waals surface area contributed by atoms with E-state index in [0.717, 1.165) is 10.0 Å². The van der Waals surface area contributed by atoms with Crippen molar-refractivity contribution in [2.45, 2.75) is 13.8 Å². The Bertz CT molecular complexity index is 557. The number of ether oxygens (including phenoxy) is 1. The Kier molecular flexibility index (Phi) is 3.28. The first kappa shape index (κ1) is 11.9. The first-order valence-corrected chi connectivity index (χ1v) is 5.90. The number of nitrogens with zero attached hydrogens (tertiary/aromatic N) is 2. The molecule has 1 heterocycles. The molecule has 5 heteroatoms. The van der Waals surface area contributed by atoms with Gasteiger partial charge < -0.3 is 10.5 Å². The number of aryl methyl sites for hydroxylation is 1. The number of hydrogen-bond acceptors (Lipinski definition) is 4. The van der Waals surface area contributed by atoms with Crippen LogP contribution in [-0.2, 0) is 0 Å². The van der Waals surface area contributed by atoms with E-state index in [1.807, 2.05) is 31.2 Å². The van der Waals surface area contributed by atoms with Gasteiger partial charge in [-0.15, -0.1) is 0 Å². The van der Waals surface area contributed by atoms with Crippen LogP contribution >= 0.6 is 15.9 Å². The van der Waals surface area contributed by atoms with E-state index in [1.165, 1.54) is 0 Å². The van der Waals surface area contributed by atoms with Gasteiger partial charge in [0.25, 0.3) is 0 Å². The fraction of sp³-hybridized carbons (Fsp3) is 0.167. The second kappa shape index (κ2) is 4.71. The van der Waals surface area contributed by atoms with E-state index < -0.39 is 0 Å².